The fourth-order valence-corrected chi connectivity index (χ4v) is 1.81. The van der Waals surface area contributed by atoms with Crippen molar-refractivity contribution in [2.45, 2.75) is 20.3 Å². The van der Waals surface area contributed by atoms with Crippen molar-refractivity contribution in [2.24, 2.45) is 11.7 Å². The van der Waals surface area contributed by atoms with Gasteiger partial charge in [0, 0.05) is 6.20 Å². The maximum absolute atomic E-state index is 10.7. The average Bonchev–Trinajstić information content (AvgIpc) is 2.80. The molecule has 3 N–H and O–H groups in total. The van der Waals surface area contributed by atoms with Crippen LogP contribution in [0.1, 0.15) is 19.4 Å². The van der Waals surface area contributed by atoms with E-state index in [0.29, 0.717) is 24.8 Å². The number of aromatic nitrogens is 3. The fourth-order valence-electron chi connectivity index (χ4n) is 1.81. The summed E-state index contributed by atoms with van der Waals surface area (Å²) < 4.78 is 5.72. The van der Waals surface area contributed by atoms with E-state index in [-0.39, 0.29) is 0 Å². The lowest BCUT2D eigenvalue weighted by molar-refractivity contribution is -0.113. The van der Waals surface area contributed by atoms with Crippen LogP contribution in [0, 0.1) is 5.92 Å². The molecule has 6 heteroatoms. The van der Waals surface area contributed by atoms with Crippen molar-refractivity contribution in [3.05, 3.63) is 30.2 Å². The molecule has 0 unspecified atom stereocenters. The normalized spacial score (nSPS) is 11.6. The number of rotatable bonds is 6. The van der Waals surface area contributed by atoms with E-state index < -0.39 is 5.91 Å². The standard InChI is InChI=1S/C14H18N4O2/c1-9(2)7-20-14-12-10(4-3-5-11(15)19)6-16-13(12)17-8-18-14/h3,5-6,8-9H,4,7H2,1-2H3,(H2,15,19)(H,16,17,18). The summed E-state index contributed by atoms with van der Waals surface area (Å²) >= 11 is 0. The third-order valence-electron chi connectivity index (χ3n) is 2.69. The number of nitrogens with zero attached hydrogens (tertiary/aromatic N) is 2. The van der Waals surface area contributed by atoms with Crippen LogP contribution in [-0.4, -0.2) is 27.5 Å². The van der Waals surface area contributed by atoms with Gasteiger partial charge in [0.05, 0.1) is 12.0 Å². The molecule has 0 radical (unpaired) electrons. The van der Waals surface area contributed by atoms with Gasteiger partial charge in [0.15, 0.2) is 0 Å². The Labute approximate surface area is 117 Å². The first kappa shape index (κ1) is 14.0. The van der Waals surface area contributed by atoms with E-state index in [4.69, 9.17) is 10.5 Å². The number of hydrogen-bond acceptors (Lipinski definition) is 4. The quantitative estimate of drug-likeness (QED) is 0.782. The number of allylic oxidation sites excluding steroid dienone is 1. The van der Waals surface area contributed by atoms with E-state index in [9.17, 15) is 4.79 Å². The van der Waals surface area contributed by atoms with Gasteiger partial charge in [-0.15, -0.1) is 0 Å². The zero-order valence-electron chi connectivity index (χ0n) is 11.6. The Hall–Kier alpha value is -2.37. The Bertz CT molecular complexity index is 631. The molecule has 0 spiro atoms. The number of aromatic amines is 1. The summed E-state index contributed by atoms with van der Waals surface area (Å²) in [5.74, 6) is 0.516. The average molecular weight is 274 g/mol. The summed E-state index contributed by atoms with van der Waals surface area (Å²) in [5.41, 5.74) is 6.77. The Morgan fingerprint density at radius 2 is 2.30 bits per heavy atom. The monoisotopic (exact) mass is 274 g/mol. The first-order valence-electron chi connectivity index (χ1n) is 6.47. The van der Waals surface area contributed by atoms with E-state index in [0.717, 1.165) is 16.6 Å². The molecule has 2 aromatic rings. The molecular formula is C14H18N4O2. The van der Waals surface area contributed by atoms with E-state index >= 15 is 0 Å². The van der Waals surface area contributed by atoms with Crippen molar-refractivity contribution in [3.63, 3.8) is 0 Å². The number of carbonyl (C=O) groups excluding carboxylic acids is 1. The van der Waals surface area contributed by atoms with E-state index in [1.54, 1.807) is 6.08 Å². The summed E-state index contributed by atoms with van der Waals surface area (Å²) in [5, 5.41) is 0.849. The lowest BCUT2D eigenvalue weighted by Crippen LogP contribution is -2.06. The highest BCUT2D eigenvalue weighted by molar-refractivity contribution is 5.87. The first-order valence-corrected chi connectivity index (χ1v) is 6.47. The van der Waals surface area contributed by atoms with Gasteiger partial charge >= 0.3 is 0 Å². The lowest BCUT2D eigenvalue weighted by Gasteiger charge is -2.08. The van der Waals surface area contributed by atoms with Gasteiger partial charge in [-0.2, -0.15) is 0 Å². The third-order valence-corrected chi connectivity index (χ3v) is 2.69. The number of nitrogens with two attached hydrogens (primary N) is 1. The molecule has 0 bridgehead atoms. The molecule has 0 saturated carbocycles. The third kappa shape index (κ3) is 3.34. The molecule has 0 aliphatic carbocycles. The minimum absolute atomic E-state index is 0.414. The van der Waals surface area contributed by atoms with Crippen LogP contribution < -0.4 is 10.5 Å². The molecule has 0 fully saturated rings. The molecule has 0 aliphatic heterocycles. The van der Waals surface area contributed by atoms with Crippen LogP contribution >= 0.6 is 0 Å². The van der Waals surface area contributed by atoms with E-state index in [2.05, 4.69) is 28.8 Å². The summed E-state index contributed by atoms with van der Waals surface area (Å²) in [6.07, 6.45) is 6.93. The summed E-state index contributed by atoms with van der Waals surface area (Å²) in [4.78, 5) is 22.1. The van der Waals surface area contributed by atoms with Gasteiger partial charge in [-0.25, -0.2) is 9.97 Å². The Balaban J connectivity index is 2.28. The zero-order chi connectivity index (χ0) is 14.5. The topological polar surface area (TPSA) is 93.9 Å². The van der Waals surface area contributed by atoms with Crippen molar-refractivity contribution in [1.29, 1.82) is 0 Å². The van der Waals surface area contributed by atoms with Gasteiger partial charge in [0.25, 0.3) is 0 Å². The van der Waals surface area contributed by atoms with Crippen molar-refractivity contribution >= 4 is 16.9 Å². The molecule has 2 heterocycles. The number of ether oxygens (including phenoxy) is 1. The van der Waals surface area contributed by atoms with Crippen molar-refractivity contribution in [2.75, 3.05) is 6.61 Å². The molecule has 2 aromatic heterocycles. The molecule has 0 saturated heterocycles. The second kappa shape index (κ2) is 6.18. The number of carbonyl (C=O) groups is 1. The molecule has 0 atom stereocenters. The summed E-state index contributed by atoms with van der Waals surface area (Å²) in [7, 11) is 0. The highest BCUT2D eigenvalue weighted by Crippen LogP contribution is 2.26. The van der Waals surface area contributed by atoms with Gasteiger partial charge in [-0.05, 0) is 24.0 Å². The van der Waals surface area contributed by atoms with Gasteiger partial charge < -0.3 is 15.5 Å². The van der Waals surface area contributed by atoms with Gasteiger partial charge in [-0.3, -0.25) is 4.79 Å². The van der Waals surface area contributed by atoms with Crippen LogP contribution in [-0.2, 0) is 11.2 Å². The van der Waals surface area contributed by atoms with Crippen LogP contribution in [0.4, 0.5) is 0 Å². The predicted molar refractivity (Wildman–Crippen MR) is 76.3 cm³/mol. The molecule has 6 nitrogen and oxygen atoms in total. The molecule has 1 amide bonds. The molecule has 0 aliphatic rings. The Kier molecular flexibility index (Phi) is 4.34. The second-order valence-corrected chi connectivity index (χ2v) is 4.93. The van der Waals surface area contributed by atoms with Crippen molar-refractivity contribution in [3.8, 4) is 5.88 Å². The Morgan fingerprint density at radius 1 is 1.50 bits per heavy atom. The minimum atomic E-state index is -0.461. The molecule has 2 rings (SSSR count). The molecule has 106 valence electrons. The maximum Gasteiger partial charge on any atom is 0.241 e. The summed E-state index contributed by atoms with van der Waals surface area (Å²) in [6, 6.07) is 0. The van der Waals surface area contributed by atoms with Crippen LogP contribution in [0.2, 0.25) is 0 Å². The van der Waals surface area contributed by atoms with Gasteiger partial charge in [0.2, 0.25) is 11.8 Å². The lowest BCUT2D eigenvalue weighted by atomic mass is 10.1. The van der Waals surface area contributed by atoms with Crippen LogP contribution in [0.3, 0.4) is 0 Å². The van der Waals surface area contributed by atoms with Gasteiger partial charge in [-0.1, -0.05) is 19.9 Å². The largest absolute Gasteiger partial charge is 0.477 e. The number of amides is 1. The second-order valence-electron chi connectivity index (χ2n) is 4.93. The maximum atomic E-state index is 10.7. The van der Waals surface area contributed by atoms with Gasteiger partial charge in [0.1, 0.15) is 12.0 Å². The van der Waals surface area contributed by atoms with E-state index in [1.807, 2.05) is 6.20 Å². The number of primary amides is 1. The Morgan fingerprint density at radius 3 is 3.00 bits per heavy atom. The minimum Gasteiger partial charge on any atom is -0.477 e. The number of nitrogens with one attached hydrogen (secondary N) is 1. The summed E-state index contributed by atoms with van der Waals surface area (Å²) in [6.45, 7) is 4.74. The smallest absolute Gasteiger partial charge is 0.241 e. The number of H-pyrrole nitrogens is 1. The highest BCUT2D eigenvalue weighted by Gasteiger charge is 2.11. The molecule has 0 aromatic carbocycles. The van der Waals surface area contributed by atoms with Crippen molar-refractivity contribution in [1.82, 2.24) is 15.0 Å². The fraction of sp³-hybridized carbons (Fsp3) is 0.357. The van der Waals surface area contributed by atoms with E-state index in [1.165, 1.54) is 12.4 Å². The number of fused-ring (bicyclic) bond motifs is 1. The first-order chi connectivity index (χ1) is 9.58. The SMILES string of the molecule is CC(C)COc1ncnc2[nH]cc(CC=CC(N)=O)c12. The number of hydrogen-bond donors (Lipinski definition) is 2. The van der Waals surface area contributed by atoms with Crippen LogP contribution in [0.15, 0.2) is 24.7 Å². The predicted octanol–water partition coefficient (Wildman–Crippen LogP) is 1.58. The van der Waals surface area contributed by atoms with Crippen molar-refractivity contribution < 1.29 is 9.53 Å². The molecule has 20 heavy (non-hydrogen) atoms. The highest BCUT2D eigenvalue weighted by atomic mass is 16.5. The molecular weight excluding hydrogens is 256 g/mol. The zero-order valence-corrected chi connectivity index (χ0v) is 11.6. The van der Waals surface area contributed by atoms with Crippen LogP contribution in [0.5, 0.6) is 5.88 Å². The van der Waals surface area contributed by atoms with Crippen LogP contribution in [0.25, 0.3) is 11.0 Å².